The summed E-state index contributed by atoms with van der Waals surface area (Å²) in [5.41, 5.74) is -0.0905. The van der Waals surface area contributed by atoms with Gasteiger partial charge < -0.3 is 5.11 Å². The van der Waals surface area contributed by atoms with Crippen LogP contribution in [-0.4, -0.2) is 5.11 Å². The van der Waals surface area contributed by atoms with Gasteiger partial charge in [0.2, 0.25) is 0 Å². The van der Waals surface area contributed by atoms with Crippen molar-refractivity contribution in [3.63, 3.8) is 0 Å². The fraction of sp³-hybridized carbons (Fsp3) is 0.167. The third-order valence-electron chi connectivity index (χ3n) is 2.51. The Bertz CT molecular complexity index is 527. The summed E-state index contributed by atoms with van der Waals surface area (Å²) in [5.74, 6) is -3.17. The normalized spacial score (nSPS) is 12.8. The van der Waals surface area contributed by atoms with E-state index in [1.54, 1.807) is 18.4 Å². The van der Waals surface area contributed by atoms with E-state index < -0.39 is 29.1 Å². The lowest BCUT2D eigenvalue weighted by molar-refractivity contribution is 0.208. The molecule has 17 heavy (non-hydrogen) atoms. The van der Waals surface area contributed by atoms with Crippen LogP contribution < -0.4 is 0 Å². The molecule has 1 N–H and O–H groups in total. The van der Waals surface area contributed by atoms with Crippen LogP contribution in [0.3, 0.4) is 0 Å². The quantitative estimate of drug-likeness (QED) is 0.873. The Morgan fingerprint density at radius 1 is 1.18 bits per heavy atom. The van der Waals surface area contributed by atoms with Crippen molar-refractivity contribution in [3.8, 4) is 0 Å². The van der Waals surface area contributed by atoms with E-state index in [1.165, 1.54) is 11.3 Å². The maximum absolute atomic E-state index is 13.4. The van der Waals surface area contributed by atoms with Gasteiger partial charge in [-0.25, -0.2) is 13.2 Å². The van der Waals surface area contributed by atoms with Crippen LogP contribution in [0.25, 0.3) is 0 Å². The number of benzene rings is 1. The molecule has 1 heterocycles. The van der Waals surface area contributed by atoms with Gasteiger partial charge >= 0.3 is 0 Å². The summed E-state index contributed by atoms with van der Waals surface area (Å²) in [4.78, 5) is 0.764. The lowest BCUT2D eigenvalue weighted by atomic mass is 10.0. The van der Waals surface area contributed by atoms with Crippen molar-refractivity contribution in [1.82, 2.24) is 0 Å². The molecule has 0 saturated heterocycles. The van der Waals surface area contributed by atoms with Crippen LogP contribution in [0.1, 0.15) is 22.1 Å². The van der Waals surface area contributed by atoms with Gasteiger partial charge in [0.05, 0.1) is 5.56 Å². The van der Waals surface area contributed by atoms with Crippen molar-refractivity contribution in [2.24, 2.45) is 0 Å². The zero-order valence-electron chi connectivity index (χ0n) is 8.88. The van der Waals surface area contributed by atoms with Crippen molar-refractivity contribution >= 4 is 11.3 Å². The second-order valence-corrected chi connectivity index (χ2v) is 4.74. The number of hydrogen-bond donors (Lipinski definition) is 1. The van der Waals surface area contributed by atoms with Crippen LogP contribution in [0.2, 0.25) is 0 Å². The number of hydrogen-bond acceptors (Lipinski definition) is 2. The third kappa shape index (κ3) is 2.21. The molecule has 0 bridgehead atoms. The van der Waals surface area contributed by atoms with Crippen molar-refractivity contribution in [1.29, 1.82) is 0 Å². The van der Waals surface area contributed by atoms with Crippen LogP contribution in [0, 0.1) is 24.4 Å². The average Bonchev–Trinajstić information content (AvgIpc) is 2.62. The van der Waals surface area contributed by atoms with Gasteiger partial charge in [-0.2, -0.15) is 0 Å². The Labute approximate surface area is 100 Å². The summed E-state index contributed by atoms with van der Waals surface area (Å²) in [6, 6.07) is 2.71. The van der Waals surface area contributed by atoms with Crippen LogP contribution in [0.15, 0.2) is 23.6 Å². The second kappa shape index (κ2) is 4.50. The third-order valence-corrected chi connectivity index (χ3v) is 3.37. The van der Waals surface area contributed by atoms with Crippen molar-refractivity contribution < 1.29 is 18.3 Å². The molecule has 2 rings (SSSR count). The minimum atomic E-state index is -1.41. The molecule has 5 heteroatoms. The Morgan fingerprint density at radius 3 is 2.24 bits per heavy atom. The molecule has 0 fully saturated rings. The van der Waals surface area contributed by atoms with Gasteiger partial charge in [-0.3, -0.25) is 0 Å². The van der Waals surface area contributed by atoms with E-state index in [-0.39, 0.29) is 0 Å². The molecule has 0 aliphatic rings. The fourth-order valence-corrected chi connectivity index (χ4v) is 2.38. The van der Waals surface area contributed by atoms with Gasteiger partial charge in [0, 0.05) is 17.0 Å². The molecule has 1 aromatic carbocycles. The molecule has 90 valence electrons. The Kier molecular flexibility index (Phi) is 3.22. The SMILES string of the molecule is Cc1sccc1C(O)c1c(F)cc(F)cc1F. The molecule has 0 spiro atoms. The smallest absolute Gasteiger partial charge is 0.135 e. The van der Waals surface area contributed by atoms with Gasteiger partial charge in [0.1, 0.15) is 23.6 Å². The van der Waals surface area contributed by atoms with Crippen LogP contribution in [0.4, 0.5) is 13.2 Å². The van der Waals surface area contributed by atoms with Gasteiger partial charge in [0.25, 0.3) is 0 Å². The monoisotopic (exact) mass is 258 g/mol. The molecule has 0 amide bonds. The van der Waals surface area contributed by atoms with Gasteiger partial charge in [0.15, 0.2) is 0 Å². The first-order valence-corrected chi connectivity index (χ1v) is 5.75. The van der Waals surface area contributed by atoms with Gasteiger partial charge in [-0.05, 0) is 23.9 Å². The number of aryl methyl sites for hydroxylation is 1. The first-order valence-electron chi connectivity index (χ1n) is 4.87. The molecular formula is C12H9F3OS. The predicted octanol–water partition coefficient (Wildman–Crippen LogP) is 3.56. The van der Waals surface area contributed by atoms with Gasteiger partial charge in [-0.1, -0.05) is 0 Å². The lowest BCUT2D eigenvalue weighted by Gasteiger charge is -2.13. The summed E-state index contributed by atoms with van der Waals surface area (Å²) in [6.07, 6.45) is -1.41. The first kappa shape index (κ1) is 12.1. The Balaban J connectivity index is 2.51. The summed E-state index contributed by atoms with van der Waals surface area (Å²) in [7, 11) is 0. The summed E-state index contributed by atoms with van der Waals surface area (Å²) < 4.78 is 39.6. The van der Waals surface area contributed by atoms with E-state index in [0.29, 0.717) is 17.7 Å². The zero-order chi connectivity index (χ0) is 12.6. The largest absolute Gasteiger partial charge is 0.383 e. The molecule has 1 nitrogen and oxygen atoms in total. The lowest BCUT2D eigenvalue weighted by Crippen LogP contribution is -2.06. The Hall–Kier alpha value is -1.33. The fourth-order valence-electron chi connectivity index (χ4n) is 1.65. The molecule has 0 aliphatic heterocycles. The number of halogens is 3. The highest BCUT2D eigenvalue weighted by Crippen LogP contribution is 2.31. The maximum atomic E-state index is 13.4. The minimum absolute atomic E-state index is 0.430. The predicted molar refractivity (Wildman–Crippen MR) is 59.4 cm³/mol. The molecule has 0 radical (unpaired) electrons. The van der Waals surface area contributed by atoms with Gasteiger partial charge in [-0.15, -0.1) is 11.3 Å². The van der Waals surface area contributed by atoms with Crippen molar-refractivity contribution in [2.45, 2.75) is 13.0 Å². The number of aliphatic hydroxyl groups excluding tert-OH is 1. The average molecular weight is 258 g/mol. The van der Waals surface area contributed by atoms with Crippen molar-refractivity contribution in [3.05, 3.63) is 57.0 Å². The zero-order valence-corrected chi connectivity index (χ0v) is 9.69. The highest BCUT2D eigenvalue weighted by Gasteiger charge is 2.22. The summed E-state index contributed by atoms with van der Waals surface area (Å²) >= 11 is 1.36. The van der Waals surface area contributed by atoms with E-state index in [0.717, 1.165) is 4.88 Å². The number of rotatable bonds is 2. The van der Waals surface area contributed by atoms with Crippen molar-refractivity contribution in [2.75, 3.05) is 0 Å². The highest BCUT2D eigenvalue weighted by molar-refractivity contribution is 7.10. The number of thiophene rings is 1. The van der Waals surface area contributed by atoms with E-state index in [1.807, 2.05) is 0 Å². The topological polar surface area (TPSA) is 20.2 Å². The standard InChI is InChI=1S/C12H9F3OS/c1-6-8(2-3-17-6)12(16)11-9(14)4-7(13)5-10(11)15/h2-5,12,16H,1H3. The van der Waals surface area contributed by atoms with E-state index in [9.17, 15) is 18.3 Å². The molecular weight excluding hydrogens is 249 g/mol. The molecule has 0 saturated carbocycles. The first-order chi connectivity index (χ1) is 8.00. The van der Waals surface area contributed by atoms with E-state index >= 15 is 0 Å². The summed E-state index contributed by atoms with van der Waals surface area (Å²) in [5, 5.41) is 11.6. The van der Waals surface area contributed by atoms with E-state index in [4.69, 9.17) is 0 Å². The maximum Gasteiger partial charge on any atom is 0.135 e. The molecule has 1 atom stereocenters. The van der Waals surface area contributed by atoms with E-state index in [2.05, 4.69) is 0 Å². The summed E-state index contributed by atoms with van der Waals surface area (Å²) in [6.45, 7) is 1.74. The minimum Gasteiger partial charge on any atom is -0.383 e. The molecule has 1 unspecified atom stereocenters. The molecule has 0 aliphatic carbocycles. The number of aliphatic hydroxyl groups is 1. The molecule has 1 aromatic heterocycles. The van der Waals surface area contributed by atoms with Crippen LogP contribution in [0.5, 0.6) is 0 Å². The van der Waals surface area contributed by atoms with Crippen LogP contribution >= 0.6 is 11.3 Å². The molecule has 2 aromatic rings. The second-order valence-electron chi connectivity index (χ2n) is 3.62. The van der Waals surface area contributed by atoms with Crippen LogP contribution in [-0.2, 0) is 0 Å². The highest BCUT2D eigenvalue weighted by atomic mass is 32.1. The Morgan fingerprint density at radius 2 is 1.76 bits per heavy atom.